The molecule has 0 radical (unpaired) electrons. The minimum absolute atomic E-state index is 0.115. The monoisotopic (exact) mass is 380 g/mol. The molecule has 1 atom stereocenters. The summed E-state index contributed by atoms with van der Waals surface area (Å²) in [6.45, 7) is 5.73. The minimum Gasteiger partial charge on any atom is -0.300 e. The summed E-state index contributed by atoms with van der Waals surface area (Å²) >= 11 is 0.875. The largest absolute Gasteiger partial charge is 0.300 e. The van der Waals surface area contributed by atoms with E-state index in [1.165, 1.54) is 4.31 Å². The molecule has 0 saturated carbocycles. The van der Waals surface area contributed by atoms with E-state index in [1.807, 2.05) is 39.0 Å². The van der Waals surface area contributed by atoms with Crippen LogP contribution >= 0.6 is 11.3 Å². The number of carbonyl (C=O) groups excluding carboxylic acids is 1. The van der Waals surface area contributed by atoms with E-state index in [0.29, 0.717) is 18.5 Å². The van der Waals surface area contributed by atoms with Gasteiger partial charge in [-0.3, -0.25) is 9.10 Å². The van der Waals surface area contributed by atoms with Crippen molar-refractivity contribution in [1.29, 1.82) is 0 Å². The molecule has 1 aromatic carbocycles. The molecule has 2 heterocycles. The number of carbonyl (C=O) groups is 1. The predicted octanol–water partition coefficient (Wildman–Crippen LogP) is 2.66. The number of anilines is 2. The van der Waals surface area contributed by atoms with Crippen molar-refractivity contribution in [2.24, 2.45) is 5.92 Å². The van der Waals surface area contributed by atoms with Gasteiger partial charge in [0.1, 0.15) is 0 Å². The normalized spacial score (nSPS) is 17.0. The third kappa shape index (κ3) is 3.52. The topological polar surface area (TPSA) is 92.3 Å². The van der Waals surface area contributed by atoms with E-state index in [9.17, 15) is 13.2 Å². The second kappa shape index (κ2) is 6.72. The second-order valence-corrected chi connectivity index (χ2v) is 9.47. The molecule has 1 N–H and O–H groups in total. The highest BCUT2D eigenvalue weighted by molar-refractivity contribution is 7.94. The lowest BCUT2D eigenvalue weighted by molar-refractivity contribution is -0.116. The number of benzene rings is 1. The van der Waals surface area contributed by atoms with Gasteiger partial charge in [-0.15, -0.1) is 10.2 Å². The molecule has 7 nitrogen and oxygen atoms in total. The molecular formula is C16H20N4O3S2. The average molecular weight is 380 g/mol. The van der Waals surface area contributed by atoms with Crippen LogP contribution in [-0.2, 0) is 21.2 Å². The van der Waals surface area contributed by atoms with E-state index in [-0.39, 0.29) is 27.3 Å². The maximum Gasteiger partial charge on any atom is 0.293 e. The Kier molecular flexibility index (Phi) is 4.79. The van der Waals surface area contributed by atoms with Gasteiger partial charge >= 0.3 is 0 Å². The van der Waals surface area contributed by atoms with Crippen LogP contribution in [0.25, 0.3) is 0 Å². The molecule has 1 aliphatic heterocycles. The molecule has 3 rings (SSSR count). The molecule has 2 aromatic rings. The number of hydrogen-bond acceptors (Lipinski definition) is 6. The molecule has 1 amide bonds. The van der Waals surface area contributed by atoms with Crippen molar-refractivity contribution in [3.8, 4) is 0 Å². The number of hydrogen-bond donors (Lipinski definition) is 1. The Morgan fingerprint density at radius 1 is 1.36 bits per heavy atom. The number of sulfonamides is 1. The summed E-state index contributed by atoms with van der Waals surface area (Å²) in [5.74, 6) is 0.00746. The van der Waals surface area contributed by atoms with Crippen molar-refractivity contribution < 1.29 is 13.2 Å². The first kappa shape index (κ1) is 17.8. The van der Waals surface area contributed by atoms with E-state index in [1.54, 1.807) is 6.07 Å². The van der Waals surface area contributed by atoms with Crippen LogP contribution in [0.5, 0.6) is 0 Å². The Balaban J connectivity index is 1.86. The lowest BCUT2D eigenvalue weighted by Crippen LogP contribution is -2.35. The Morgan fingerprint density at radius 3 is 2.80 bits per heavy atom. The van der Waals surface area contributed by atoms with Gasteiger partial charge in [-0.25, -0.2) is 0 Å². The maximum absolute atomic E-state index is 13.0. The fourth-order valence-corrected chi connectivity index (χ4v) is 5.58. The average Bonchev–Trinajstić information content (AvgIpc) is 3.10. The number of aromatic nitrogens is 2. The number of amides is 1. The second-order valence-electron chi connectivity index (χ2n) is 6.50. The summed E-state index contributed by atoms with van der Waals surface area (Å²) in [4.78, 5) is 11.8. The van der Waals surface area contributed by atoms with Crippen molar-refractivity contribution in [3.63, 3.8) is 0 Å². The van der Waals surface area contributed by atoms with Crippen molar-refractivity contribution in [2.75, 3.05) is 9.62 Å². The zero-order valence-electron chi connectivity index (χ0n) is 14.3. The molecule has 134 valence electrons. The smallest absolute Gasteiger partial charge is 0.293 e. The molecule has 0 saturated heterocycles. The predicted molar refractivity (Wildman–Crippen MR) is 97.3 cm³/mol. The summed E-state index contributed by atoms with van der Waals surface area (Å²) in [5.41, 5.74) is 1.67. The van der Waals surface area contributed by atoms with E-state index in [4.69, 9.17) is 0 Å². The number of rotatable bonds is 5. The Hall–Kier alpha value is -2.00. The van der Waals surface area contributed by atoms with Gasteiger partial charge in [-0.2, -0.15) is 8.42 Å². The van der Waals surface area contributed by atoms with Gasteiger partial charge in [0.25, 0.3) is 14.4 Å². The Morgan fingerprint density at radius 2 is 2.08 bits per heavy atom. The lowest BCUT2D eigenvalue weighted by Gasteiger charge is -2.22. The first-order valence-electron chi connectivity index (χ1n) is 8.04. The molecule has 0 spiro atoms. The lowest BCUT2D eigenvalue weighted by atomic mass is 10.1. The summed E-state index contributed by atoms with van der Waals surface area (Å²) < 4.78 is 27.3. The first-order valence-corrected chi connectivity index (χ1v) is 10.3. The van der Waals surface area contributed by atoms with Crippen LogP contribution in [0.4, 0.5) is 10.8 Å². The van der Waals surface area contributed by atoms with Crippen LogP contribution in [0.15, 0.2) is 28.6 Å². The molecule has 9 heteroatoms. The quantitative estimate of drug-likeness (QED) is 0.805. The van der Waals surface area contributed by atoms with E-state index >= 15 is 0 Å². The van der Waals surface area contributed by atoms with Crippen molar-refractivity contribution >= 4 is 38.1 Å². The fourth-order valence-electron chi connectivity index (χ4n) is 2.89. The van der Waals surface area contributed by atoms with Crippen molar-refractivity contribution in [1.82, 2.24) is 10.2 Å². The molecular weight excluding hydrogens is 360 g/mol. The zero-order valence-corrected chi connectivity index (χ0v) is 15.9. The first-order chi connectivity index (χ1) is 11.8. The van der Waals surface area contributed by atoms with E-state index in [0.717, 1.165) is 16.9 Å². The molecule has 1 aliphatic rings. The molecule has 1 aromatic heterocycles. The molecule has 0 bridgehead atoms. The van der Waals surface area contributed by atoms with Gasteiger partial charge < -0.3 is 5.32 Å². The SMILES string of the molecule is CC(C)CC(=O)Nc1nnc(S(=O)(=O)N2c3ccccc3C[C@@H]2C)s1. The summed E-state index contributed by atoms with van der Waals surface area (Å²) in [5, 5.41) is 10.4. The molecule has 25 heavy (non-hydrogen) atoms. The van der Waals surface area contributed by atoms with Crippen LogP contribution in [-0.4, -0.2) is 30.6 Å². The highest BCUT2D eigenvalue weighted by Crippen LogP contribution is 2.37. The van der Waals surface area contributed by atoms with Crippen molar-refractivity contribution in [2.45, 2.75) is 44.0 Å². The number of para-hydroxylation sites is 1. The minimum atomic E-state index is -3.81. The van der Waals surface area contributed by atoms with Gasteiger partial charge in [0, 0.05) is 12.5 Å². The van der Waals surface area contributed by atoms with Gasteiger partial charge in [0.2, 0.25) is 11.0 Å². The van der Waals surface area contributed by atoms with Gasteiger partial charge in [-0.1, -0.05) is 43.4 Å². The van der Waals surface area contributed by atoms with Crippen LogP contribution in [0.3, 0.4) is 0 Å². The van der Waals surface area contributed by atoms with Crippen LogP contribution < -0.4 is 9.62 Å². The molecule has 0 unspecified atom stereocenters. The van der Waals surface area contributed by atoms with Gasteiger partial charge in [0.05, 0.1) is 5.69 Å². The van der Waals surface area contributed by atoms with E-state index in [2.05, 4.69) is 15.5 Å². The molecule has 0 fully saturated rings. The van der Waals surface area contributed by atoms with Gasteiger partial charge in [0.15, 0.2) is 0 Å². The van der Waals surface area contributed by atoms with Gasteiger partial charge in [-0.05, 0) is 30.9 Å². The van der Waals surface area contributed by atoms with E-state index < -0.39 is 10.0 Å². The molecule has 0 aliphatic carbocycles. The number of fused-ring (bicyclic) bond motifs is 1. The maximum atomic E-state index is 13.0. The standard InChI is InChI=1S/C16H20N4O3S2/c1-10(2)8-14(21)17-15-18-19-16(24-15)25(22,23)20-11(3)9-12-6-4-5-7-13(12)20/h4-7,10-11H,8-9H2,1-3H3,(H,17,18,21)/t11-/m0/s1. The van der Waals surface area contributed by atoms with Crippen molar-refractivity contribution in [3.05, 3.63) is 29.8 Å². The third-order valence-corrected chi connectivity index (χ3v) is 6.98. The highest BCUT2D eigenvalue weighted by Gasteiger charge is 2.38. The summed E-state index contributed by atoms with van der Waals surface area (Å²) in [6, 6.07) is 7.25. The summed E-state index contributed by atoms with van der Waals surface area (Å²) in [6.07, 6.45) is 1.00. The third-order valence-electron chi connectivity index (χ3n) is 3.87. The zero-order chi connectivity index (χ0) is 18.2. The van der Waals surface area contributed by atoms with Crippen LogP contribution in [0, 0.1) is 5.92 Å². The number of nitrogens with one attached hydrogen (secondary N) is 1. The summed E-state index contributed by atoms with van der Waals surface area (Å²) in [7, 11) is -3.81. The fraction of sp³-hybridized carbons (Fsp3) is 0.438. The number of nitrogens with zero attached hydrogens (tertiary/aromatic N) is 3. The highest BCUT2D eigenvalue weighted by atomic mass is 32.2. The Labute approximate surface area is 151 Å². The van der Waals surface area contributed by atoms with Crippen LogP contribution in [0.2, 0.25) is 0 Å². The Bertz CT molecular complexity index is 892. The van der Waals surface area contributed by atoms with Crippen LogP contribution in [0.1, 0.15) is 32.8 Å².